The summed E-state index contributed by atoms with van der Waals surface area (Å²) in [7, 11) is 0. The molecule has 1 aromatic heterocycles. The van der Waals surface area contributed by atoms with E-state index in [4.69, 9.17) is 0 Å². The monoisotopic (exact) mass is 333 g/mol. The van der Waals surface area contributed by atoms with E-state index in [-0.39, 0.29) is 0 Å². The van der Waals surface area contributed by atoms with E-state index >= 15 is 0 Å². The third-order valence-corrected chi connectivity index (χ3v) is 5.17. The molecule has 0 unspecified atom stereocenters. The first-order chi connectivity index (χ1) is 12.4. The highest BCUT2D eigenvalue weighted by molar-refractivity contribution is 5.85. The van der Waals surface area contributed by atoms with Gasteiger partial charge in [-0.15, -0.1) is 0 Å². The minimum absolute atomic E-state index is 0.945. The van der Waals surface area contributed by atoms with E-state index in [2.05, 4.69) is 63.7 Å². The van der Waals surface area contributed by atoms with Crippen molar-refractivity contribution in [1.82, 2.24) is 15.2 Å². The van der Waals surface area contributed by atoms with Crippen molar-refractivity contribution in [3.8, 4) is 11.1 Å². The SMILES string of the molecule is c1cc(CNCCCN2CCCC2)cc(-c2ccc3[nH]ccc3c2)c1. The van der Waals surface area contributed by atoms with Crippen LogP contribution in [0.5, 0.6) is 0 Å². The molecular formula is C22H27N3. The lowest BCUT2D eigenvalue weighted by Crippen LogP contribution is -2.24. The van der Waals surface area contributed by atoms with Gasteiger partial charge in [-0.1, -0.05) is 24.3 Å². The van der Waals surface area contributed by atoms with Crippen LogP contribution >= 0.6 is 0 Å². The van der Waals surface area contributed by atoms with Gasteiger partial charge in [0.1, 0.15) is 0 Å². The molecule has 0 bridgehead atoms. The standard InChI is InChI=1S/C22H27N3/c1-2-13-25(12-1)14-4-10-23-17-18-5-3-6-19(15-18)20-7-8-22-21(16-20)9-11-24-22/h3,5-9,11,15-16,23-24H,1-2,4,10,12-14,17H2. The predicted octanol–water partition coefficient (Wildman–Crippen LogP) is 4.41. The van der Waals surface area contributed by atoms with Crippen molar-refractivity contribution in [3.05, 3.63) is 60.3 Å². The zero-order valence-corrected chi connectivity index (χ0v) is 14.8. The molecule has 1 aliphatic rings. The molecule has 0 amide bonds. The number of aromatic nitrogens is 1. The Morgan fingerprint density at radius 2 is 1.84 bits per heavy atom. The van der Waals surface area contributed by atoms with Gasteiger partial charge in [0.15, 0.2) is 0 Å². The summed E-state index contributed by atoms with van der Waals surface area (Å²) in [6, 6.07) is 17.6. The van der Waals surface area contributed by atoms with Crippen LogP contribution in [0.2, 0.25) is 0 Å². The van der Waals surface area contributed by atoms with E-state index in [0.29, 0.717) is 0 Å². The first-order valence-electron chi connectivity index (χ1n) is 9.48. The van der Waals surface area contributed by atoms with Crippen molar-refractivity contribution in [2.75, 3.05) is 26.2 Å². The van der Waals surface area contributed by atoms with E-state index in [1.807, 2.05) is 6.20 Å². The highest BCUT2D eigenvalue weighted by Gasteiger charge is 2.09. The average molecular weight is 333 g/mol. The van der Waals surface area contributed by atoms with Gasteiger partial charge in [-0.25, -0.2) is 0 Å². The van der Waals surface area contributed by atoms with Crippen LogP contribution in [0.15, 0.2) is 54.7 Å². The number of hydrogen-bond donors (Lipinski definition) is 2. The Labute approximate surface area is 150 Å². The summed E-state index contributed by atoms with van der Waals surface area (Å²) in [6.07, 6.45) is 6.00. The predicted molar refractivity (Wildman–Crippen MR) is 106 cm³/mol. The van der Waals surface area contributed by atoms with Crippen molar-refractivity contribution < 1.29 is 0 Å². The first-order valence-corrected chi connectivity index (χ1v) is 9.48. The number of benzene rings is 2. The first kappa shape index (κ1) is 16.4. The third-order valence-electron chi connectivity index (χ3n) is 5.17. The summed E-state index contributed by atoms with van der Waals surface area (Å²) in [6.45, 7) is 5.88. The maximum absolute atomic E-state index is 3.60. The van der Waals surface area contributed by atoms with E-state index in [1.165, 1.54) is 66.5 Å². The van der Waals surface area contributed by atoms with E-state index in [1.54, 1.807) is 0 Å². The summed E-state index contributed by atoms with van der Waals surface area (Å²) in [5.74, 6) is 0. The highest BCUT2D eigenvalue weighted by atomic mass is 15.1. The Morgan fingerprint density at radius 3 is 2.76 bits per heavy atom. The molecular weight excluding hydrogens is 306 g/mol. The fourth-order valence-corrected chi connectivity index (χ4v) is 3.76. The molecule has 130 valence electrons. The molecule has 0 saturated carbocycles. The Kier molecular flexibility index (Phi) is 5.14. The molecule has 0 radical (unpaired) electrons. The third kappa shape index (κ3) is 4.12. The Morgan fingerprint density at radius 1 is 0.960 bits per heavy atom. The van der Waals surface area contributed by atoms with Gasteiger partial charge in [0, 0.05) is 18.3 Å². The summed E-state index contributed by atoms with van der Waals surface area (Å²) in [4.78, 5) is 5.84. The number of hydrogen-bond acceptors (Lipinski definition) is 2. The van der Waals surface area contributed by atoms with Crippen LogP contribution in [0.4, 0.5) is 0 Å². The van der Waals surface area contributed by atoms with Crippen LogP contribution in [0.25, 0.3) is 22.0 Å². The molecule has 1 saturated heterocycles. The van der Waals surface area contributed by atoms with E-state index in [9.17, 15) is 0 Å². The molecule has 2 aromatic carbocycles. The second-order valence-electron chi connectivity index (χ2n) is 7.06. The summed E-state index contributed by atoms with van der Waals surface area (Å²) >= 11 is 0. The molecule has 4 rings (SSSR count). The molecule has 0 aliphatic carbocycles. The van der Waals surface area contributed by atoms with Crippen molar-refractivity contribution in [2.24, 2.45) is 0 Å². The number of fused-ring (bicyclic) bond motifs is 1. The number of aromatic amines is 1. The topological polar surface area (TPSA) is 31.1 Å². The molecule has 3 nitrogen and oxygen atoms in total. The lowest BCUT2D eigenvalue weighted by molar-refractivity contribution is 0.331. The molecule has 2 N–H and O–H groups in total. The second-order valence-corrected chi connectivity index (χ2v) is 7.06. The molecule has 25 heavy (non-hydrogen) atoms. The lowest BCUT2D eigenvalue weighted by atomic mass is 10.0. The molecule has 3 heteroatoms. The number of rotatable bonds is 7. The molecule has 2 heterocycles. The van der Waals surface area contributed by atoms with E-state index < -0.39 is 0 Å². The maximum Gasteiger partial charge on any atom is 0.0454 e. The van der Waals surface area contributed by atoms with Crippen molar-refractivity contribution >= 4 is 10.9 Å². The van der Waals surface area contributed by atoms with Gasteiger partial charge in [-0.3, -0.25) is 0 Å². The fourth-order valence-electron chi connectivity index (χ4n) is 3.76. The van der Waals surface area contributed by atoms with Gasteiger partial charge < -0.3 is 15.2 Å². The van der Waals surface area contributed by atoms with Crippen LogP contribution in [0, 0.1) is 0 Å². The van der Waals surface area contributed by atoms with Crippen LogP contribution in [0.1, 0.15) is 24.8 Å². The Balaban J connectivity index is 1.32. The molecule has 3 aromatic rings. The fraction of sp³-hybridized carbons (Fsp3) is 0.364. The normalized spacial score (nSPS) is 15.2. The number of likely N-dealkylation sites (tertiary alicyclic amines) is 1. The Bertz CT molecular complexity index is 815. The zero-order valence-electron chi connectivity index (χ0n) is 14.8. The van der Waals surface area contributed by atoms with Crippen LogP contribution in [0.3, 0.4) is 0 Å². The maximum atomic E-state index is 3.60. The highest BCUT2D eigenvalue weighted by Crippen LogP contribution is 2.24. The smallest absolute Gasteiger partial charge is 0.0454 e. The molecule has 1 fully saturated rings. The quantitative estimate of drug-likeness (QED) is 0.628. The van der Waals surface area contributed by atoms with Gasteiger partial charge in [-0.2, -0.15) is 0 Å². The second kappa shape index (κ2) is 7.85. The Hall–Kier alpha value is -2.10. The van der Waals surface area contributed by atoms with Crippen LogP contribution < -0.4 is 5.32 Å². The summed E-state index contributed by atoms with van der Waals surface area (Å²) in [5, 5.41) is 4.86. The van der Waals surface area contributed by atoms with Crippen molar-refractivity contribution in [3.63, 3.8) is 0 Å². The number of H-pyrrole nitrogens is 1. The number of nitrogens with one attached hydrogen (secondary N) is 2. The van der Waals surface area contributed by atoms with Gasteiger partial charge >= 0.3 is 0 Å². The number of nitrogens with zero attached hydrogens (tertiary/aromatic N) is 1. The van der Waals surface area contributed by atoms with Crippen molar-refractivity contribution in [1.29, 1.82) is 0 Å². The van der Waals surface area contributed by atoms with Gasteiger partial charge in [0.05, 0.1) is 0 Å². The average Bonchev–Trinajstić information content (AvgIpc) is 3.32. The summed E-state index contributed by atoms with van der Waals surface area (Å²) < 4.78 is 0. The molecule has 1 aliphatic heterocycles. The van der Waals surface area contributed by atoms with Gasteiger partial charge in [0.2, 0.25) is 0 Å². The lowest BCUT2D eigenvalue weighted by Gasteiger charge is -2.14. The van der Waals surface area contributed by atoms with Crippen LogP contribution in [-0.4, -0.2) is 36.1 Å². The van der Waals surface area contributed by atoms with E-state index in [0.717, 1.165) is 13.1 Å². The van der Waals surface area contributed by atoms with Gasteiger partial charge in [-0.05, 0) is 91.8 Å². The molecule has 0 atom stereocenters. The summed E-state index contributed by atoms with van der Waals surface area (Å²) in [5.41, 5.74) is 5.12. The van der Waals surface area contributed by atoms with Crippen molar-refractivity contribution in [2.45, 2.75) is 25.8 Å². The minimum atomic E-state index is 0.945. The van der Waals surface area contributed by atoms with Gasteiger partial charge in [0.25, 0.3) is 0 Å². The largest absolute Gasteiger partial charge is 0.361 e. The van der Waals surface area contributed by atoms with Crippen LogP contribution in [-0.2, 0) is 6.54 Å². The zero-order chi connectivity index (χ0) is 16.9. The minimum Gasteiger partial charge on any atom is -0.361 e. The molecule has 0 spiro atoms.